The van der Waals surface area contributed by atoms with Gasteiger partial charge in [-0.15, -0.1) is 11.3 Å². The minimum Gasteiger partial charge on any atom is -0.479 e. The van der Waals surface area contributed by atoms with Crippen LogP contribution in [0.5, 0.6) is 0 Å². The van der Waals surface area contributed by atoms with Gasteiger partial charge >= 0.3 is 5.97 Å². The van der Waals surface area contributed by atoms with Crippen LogP contribution in [0.4, 0.5) is 0 Å². The van der Waals surface area contributed by atoms with Crippen molar-refractivity contribution >= 4 is 55.1 Å². The highest BCUT2D eigenvalue weighted by Crippen LogP contribution is 2.37. The number of halogens is 2. The zero-order valence-corrected chi connectivity index (χ0v) is 13.9. The van der Waals surface area contributed by atoms with Gasteiger partial charge in [0.25, 0.3) is 0 Å². The molecule has 0 aliphatic heterocycles. The van der Waals surface area contributed by atoms with Gasteiger partial charge in [-0.2, -0.15) is 0 Å². The van der Waals surface area contributed by atoms with Gasteiger partial charge in [0.05, 0.1) is 3.79 Å². The van der Waals surface area contributed by atoms with Crippen molar-refractivity contribution in [1.29, 1.82) is 0 Å². The molecule has 0 saturated heterocycles. The Kier molecular flexibility index (Phi) is 5.81. The highest BCUT2D eigenvalue weighted by atomic mass is 79.9. The number of thiophene rings is 1. The summed E-state index contributed by atoms with van der Waals surface area (Å²) in [4.78, 5) is 25.0. The lowest BCUT2D eigenvalue weighted by Crippen LogP contribution is -2.37. The van der Waals surface area contributed by atoms with Gasteiger partial charge in [0.2, 0.25) is 5.91 Å². The van der Waals surface area contributed by atoms with E-state index in [1.54, 1.807) is 6.07 Å². The molecule has 0 bridgehead atoms. The molecule has 1 heterocycles. The van der Waals surface area contributed by atoms with Crippen molar-refractivity contribution in [2.75, 3.05) is 6.54 Å². The molecule has 0 saturated carbocycles. The van der Waals surface area contributed by atoms with E-state index in [4.69, 9.17) is 0 Å². The fourth-order valence-electron chi connectivity index (χ4n) is 1.62. The highest BCUT2D eigenvalue weighted by molar-refractivity contribution is 9.13. The molecule has 18 heavy (non-hydrogen) atoms. The third kappa shape index (κ3) is 3.55. The number of aliphatic carboxylic acids is 1. The predicted octanol–water partition coefficient (Wildman–Crippen LogP) is 3.66. The Balaban J connectivity index is 3.15. The normalized spacial score (nSPS) is 12.2. The molecule has 1 aromatic heterocycles. The average molecular weight is 399 g/mol. The molecular weight excluding hydrogens is 386 g/mol. The first-order valence-corrected chi connectivity index (χ1v) is 7.73. The fraction of sp³-hybridized carbons (Fsp3) is 0.455. The second-order valence-electron chi connectivity index (χ2n) is 3.72. The van der Waals surface area contributed by atoms with Crippen molar-refractivity contribution in [3.05, 3.63) is 19.2 Å². The molecule has 1 aromatic rings. The maximum atomic E-state index is 11.6. The molecule has 1 unspecified atom stereocenters. The number of carboxylic acid groups (broad SMARTS) is 1. The lowest BCUT2D eigenvalue weighted by molar-refractivity contribution is -0.149. The summed E-state index contributed by atoms with van der Waals surface area (Å²) in [6.45, 7) is 3.73. The van der Waals surface area contributed by atoms with Gasteiger partial charge in [0.1, 0.15) is 0 Å². The lowest BCUT2D eigenvalue weighted by Gasteiger charge is -2.26. The molecule has 0 radical (unpaired) electrons. The van der Waals surface area contributed by atoms with Crippen LogP contribution in [0.2, 0.25) is 0 Å². The molecule has 4 nitrogen and oxygen atoms in total. The van der Waals surface area contributed by atoms with Gasteiger partial charge < -0.3 is 10.0 Å². The van der Waals surface area contributed by atoms with Crippen LogP contribution in [0, 0.1) is 0 Å². The Morgan fingerprint density at radius 1 is 1.50 bits per heavy atom. The summed E-state index contributed by atoms with van der Waals surface area (Å²) in [5.74, 6) is -1.25. The molecule has 1 N–H and O–H groups in total. The van der Waals surface area contributed by atoms with Crippen molar-refractivity contribution in [3.63, 3.8) is 0 Å². The van der Waals surface area contributed by atoms with Gasteiger partial charge in [-0.1, -0.05) is 6.92 Å². The highest BCUT2D eigenvalue weighted by Gasteiger charge is 2.30. The van der Waals surface area contributed by atoms with Crippen molar-refractivity contribution in [2.24, 2.45) is 0 Å². The summed E-state index contributed by atoms with van der Waals surface area (Å²) in [5.41, 5.74) is 0. The van der Waals surface area contributed by atoms with Crippen LogP contribution >= 0.6 is 43.2 Å². The molecule has 0 spiro atoms. The number of carbonyl (C=O) groups is 2. The minimum absolute atomic E-state index is 0.232. The largest absolute Gasteiger partial charge is 0.479 e. The number of carbonyl (C=O) groups excluding carboxylic acids is 1. The van der Waals surface area contributed by atoms with Gasteiger partial charge in [0.15, 0.2) is 6.04 Å². The maximum absolute atomic E-state index is 11.6. The Morgan fingerprint density at radius 3 is 2.44 bits per heavy atom. The second kappa shape index (κ2) is 6.68. The third-order valence-corrected chi connectivity index (χ3v) is 5.66. The van der Waals surface area contributed by atoms with E-state index < -0.39 is 12.0 Å². The van der Waals surface area contributed by atoms with Crippen molar-refractivity contribution in [2.45, 2.75) is 26.3 Å². The zero-order chi connectivity index (χ0) is 13.9. The fourth-order valence-corrected chi connectivity index (χ4v) is 3.81. The first kappa shape index (κ1) is 15.7. The van der Waals surface area contributed by atoms with Gasteiger partial charge in [0, 0.05) is 22.8 Å². The average Bonchev–Trinajstić information content (AvgIpc) is 2.57. The smallest absolute Gasteiger partial charge is 0.331 e. The van der Waals surface area contributed by atoms with Gasteiger partial charge in [-0.25, -0.2) is 4.79 Å². The van der Waals surface area contributed by atoms with Crippen LogP contribution in [0.3, 0.4) is 0 Å². The number of nitrogens with zero attached hydrogens (tertiary/aromatic N) is 1. The van der Waals surface area contributed by atoms with E-state index in [-0.39, 0.29) is 5.91 Å². The Morgan fingerprint density at radius 2 is 2.11 bits per heavy atom. The van der Waals surface area contributed by atoms with Crippen molar-refractivity contribution in [3.8, 4) is 0 Å². The summed E-state index contributed by atoms with van der Waals surface area (Å²) >= 11 is 7.98. The first-order chi connectivity index (χ1) is 8.38. The summed E-state index contributed by atoms with van der Waals surface area (Å²) in [5, 5.41) is 9.35. The molecule has 7 heteroatoms. The summed E-state index contributed by atoms with van der Waals surface area (Å²) in [6, 6.07) is 0.814. The Bertz CT molecular complexity index is 442. The SMILES string of the molecule is CCCN(C(C)=O)C(C(=O)O)c1cc(Br)c(Br)s1. The van der Waals surface area contributed by atoms with E-state index in [1.165, 1.54) is 23.2 Å². The van der Waals surface area contributed by atoms with Crippen LogP contribution in [-0.4, -0.2) is 28.4 Å². The number of hydrogen-bond donors (Lipinski definition) is 1. The topological polar surface area (TPSA) is 57.6 Å². The van der Waals surface area contributed by atoms with Crippen LogP contribution in [0.1, 0.15) is 31.2 Å². The number of rotatable bonds is 5. The molecule has 1 amide bonds. The van der Waals surface area contributed by atoms with E-state index in [2.05, 4.69) is 31.9 Å². The molecule has 1 atom stereocenters. The second-order valence-corrected chi connectivity index (χ2v) is 6.98. The number of carboxylic acids is 1. The zero-order valence-electron chi connectivity index (χ0n) is 9.94. The predicted molar refractivity (Wildman–Crippen MR) is 77.8 cm³/mol. The minimum atomic E-state index is -1.01. The molecule has 0 aromatic carbocycles. The lowest BCUT2D eigenvalue weighted by atomic mass is 10.2. The van der Waals surface area contributed by atoms with Crippen LogP contribution in [0.25, 0.3) is 0 Å². The summed E-state index contributed by atoms with van der Waals surface area (Å²) in [6.07, 6.45) is 0.719. The van der Waals surface area contributed by atoms with Crippen LogP contribution < -0.4 is 0 Å². The Hall–Kier alpha value is -0.400. The first-order valence-electron chi connectivity index (χ1n) is 5.33. The molecule has 0 fully saturated rings. The number of amides is 1. The van der Waals surface area contributed by atoms with Crippen LogP contribution in [0.15, 0.2) is 14.3 Å². The molecule has 1 rings (SSSR count). The van der Waals surface area contributed by atoms with Crippen molar-refractivity contribution in [1.82, 2.24) is 4.90 Å². The Labute approximate surface area is 126 Å². The quantitative estimate of drug-likeness (QED) is 0.823. The molecule has 0 aliphatic carbocycles. The third-order valence-electron chi connectivity index (χ3n) is 2.35. The van der Waals surface area contributed by atoms with E-state index in [1.807, 2.05) is 6.92 Å². The number of hydrogen-bond acceptors (Lipinski definition) is 3. The van der Waals surface area contributed by atoms with Crippen LogP contribution in [-0.2, 0) is 9.59 Å². The monoisotopic (exact) mass is 397 g/mol. The molecular formula is C11H13Br2NO3S. The molecule has 0 aliphatic rings. The standard InChI is InChI=1S/C11H13Br2NO3S/c1-3-4-14(6(2)15)9(11(16)17)8-5-7(12)10(13)18-8/h5,9H,3-4H2,1-2H3,(H,16,17). The van der Waals surface area contributed by atoms with Crippen molar-refractivity contribution < 1.29 is 14.7 Å². The maximum Gasteiger partial charge on any atom is 0.331 e. The summed E-state index contributed by atoms with van der Waals surface area (Å²) in [7, 11) is 0. The molecule has 100 valence electrons. The van der Waals surface area contributed by atoms with E-state index in [0.29, 0.717) is 11.4 Å². The van der Waals surface area contributed by atoms with Gasteiger partial charge in [-0.05, 0) is 44.3 Å². The van der Waals surface area contributed by atoms with E-state index in [9.17, 15) is 14.7 Å². The van der Waals surface area contributed by atoms with E-state index in [0.717, 1.165) is 14.7 Å². The van der Waals surface area contributed by atoms with Gasteiger partial charge in [-0.3, -0.25) is 4.79 Å². The van der Waals surface area contributed by atoms with E-state index >= 15 is 0 Å². The summed E-state index contributed by atoms with van der Waals surface area (Å²) < 4.78 is 1.62.